The third-order valence-corrected chi connectivity index (χ3v) is 3.07. The van der Waals surface area contributed by atoms with Crippen LogP contribution < -0.4 is 5.32 Å². The fourth-order valence-electron chi connectivity index (χ4n) is 1.23. The molecule has 0 amide bonds. The van der Waals surface area contributed by atoms with E-state index in [1.54, 1.807) is 11.3 Å². The number of aromatic nitrogens is 2. The molecule has 2 heterocycles. The van der Waals surface area contributed by atoms with Crippen molar-refractivity contribution in [2.24, 2.45) is 0 Å². The predicted octanol–water partition coefficient (Wildman–Crippen LogP) is 3.22. The molecule has 0 fully saturated rings. The number of rotatable bonds is 3. The number of pyridine rings is 1. The van der Waals surface area contributed by atoms with Crippen molar-refractivity contribution in [1.82, 2.24) is 9.97 Å². The molecule has 2 rings (SSSR count). The number of thiazole rings is 1. The first-order chi connectivity index (χ1) is 7.25. The van der Waals surface area contributed by atoms with Crippen LogP contribution in [0.25, 0.3) is 0 Å². The summed E-state index contributed by atoms with van der Waals surface area (Å²) < 4.78 is 0.860. The van der Waals surface area contributed by atoms with Gasteiger partial charge in [0.15, 0.2) is 0 Å². The maximum atomic E-state index is 4.31. The van der Waals surface area contributed by atoms with Gasteiger partial charge in [0, 0.05) is 5.38 Å². The van der Waals surface area contributed by atoms with Gasteiger partial charge in [-0.25, -0.2) is 9.97 Å². The van der Waals surface area contributed by atoms with Crippen LogP contribution in [0.2, 0.25) is 0 Å². The van der Waals surface area contributed by atoms with Crippen molar-refractivity contribution in [1.29, 1.82) is 0 Å². The number of aryl methyl sites for hydroxylation is 1. The molecule has 0 radical (unpaired) electrons. The summed E-state index contributed by atoms with van der Waals surface area (Å²) in [6, 6.07) is 3.94. The van der Waals surface area contributed by atoms with E-state index < -0.39 is 0 Å². The zero-order valence-corrected chi connectivity index (χ0v) is 10.6. The van der Waals surface area contributed by atoms with Crippen LogP contribution in [0.1, 0.15) is 11.4 Å². The van der Waals surface area contributed by atoms with Crippen molar-refractivity contribution in [3.05, 3.63) is 39.0 Å². The summed E-state index contributed by atoms with van der Waals surface area (Å²) in [7, 11) is 0. The molecule has 0 saturated carbocycles. The second-order valence-corrected chi connectivity index (χ2v) is 4.63. The molecule has 2 aromatic rings. The number of halogens is 1. The van der Waals surface area contributed by atoms with Gasteiger partial charge in [0.1, 0.15) is 4.60 Å². The van der Waals surface area contributed by atoms with E-state index in [0.717, 1.165) is 28.2 Å². The van der Waals surface area contributed by atoms with Gasteiger partial charge in [-0.1, -0.05) is 0 Å². The molecule has 78 valence electrons. The zero-order chi connectivity index (χ0) is 10.7. The molecule has 0 aromatic carbocycles. The summed E-state index contributed by atoms with van der Waals surface area (Å²) in [5.74, 6) is 0. The lowest BCUT2D eigenvalue weighted by molar-refractivity contribution is 1.05. The van der Waals surface area contributed by atoms with E-state index in [-0.39, 0.29) is 0 Å². The van der Waals surface area contributed by atoms with Gasteiger partial charge in [-0.2, -0.15) is 0 Å². The predicted molar refractivity (Wildman–Crippen MR) is 66.1 cm³/mol. The van der Waals surface area contributed by atoms with Gasteiger partial charge < -0.3 is 5.32 Å². The van der Waals surface area contributed by atoms with Crippen molar-refractivity contribution in [3.63, 3.8) is 0 Å². The Balaban J connectivity index is 2.05. The van der Waals surface area contributed by atoms with Gasteiger partial charge in [-0.05, 0) is 35.0 Å². The smallest absolute Gasteiger partial charge is 0.106 e. The van der Waals surface area contributed by atoms with Gasteiger partial charge in [-0.3, -0.25) is 0 Å². The molecule has 0 spiro atoms. The Morgan fingerprint density at radius 3 is 3.00 bits per heavy atom. The van der Waals surface area contributed by atoms with Crippen LogP contribution in [0, 0.1) is 6.92 Å². The van der Waals surface area contributed by atoms with Crippen LogP contribution in [-0.4, -0.2) is 9.97 Å². The minimum Gasteiger partial charge on any atom is -0.378 e. The van der Waals surface area contributed by atoms with E-state index in [1.165, 1.54) is 0 Å². The maximum Gasteiger partial charge on any atom is 0.106 e. The highest BCUT2D eigenvalue weighted by molar-refractivity contribution is 9.10. The van der Waals surface area contributed by atoms with E-state index in [4.69, 9.17) is 0 Å². The molecule has 0 bridgehead atoms. The second kappa shape index (κ2) is 4.72. The minimum atomic E-state index is 0.744. The van der Waals surface area contributed by atoms with Gasteiger partial charge in [0.2, 0.25) is 0 Å². The van der Waals surface area contributed by atoms with Gasteiger partial charge in [0.25, 0.3) is 0 Å². The van der Waals surface area contributed by atoms with Crippen molar-refractivity contribution in [2.45, 2.75) is 13.5 Å². The number of anilines is 1. The monoisotopic (exact) mass is 283 g/mol. The molecule has 0 saturated heterocycles. The van der Waals surface area contributed by atoms with Crippen molar-refractivity contribution in [2.75, 3.05) is 5.32 Å². The average molecular weight is 284 g/mol. The van der Waals surface area contributed by atoms with Crippen LogP contribution in [0.5, 0.6) is 0 Å². The Morgan fingerprint density at radius 1 is 1.47 bits per heavy atom. The quantitative estimate of drug-likeness (QED) is 0.879. The van der Waals surface area contributed by atoms with E-state index in [9.17, 15) is 0 Å². The molecule has 0 atom stereocenters. The molecule has 2 aromatic heterocycles. The standard InChI is InChI=1S/C10H10BrN3S/c1-7-9(2-3-10(11)14-7)12-4-8-5-15-6-13-8/h2-3,5-6,12H,4H2,1H3. The van der Waals surface area contributed by atoms with Crippen molar-refractivity contribution >= 4 is 33.0 Å². The summed E-state index contributed by atoms with van der Waals surface area (Å²) >= 11 is 4.94. The highest BCUT2D eigenvalue weighted by Gasteiger charge is 2.00. The van der Waals surface area contributed by atoms with Crippen LogP contribution in [0.15, 0.2) is 27.6 Å². The topological polar surface area (TPSA) is 37.8 Å². The number of hydrogen-bond acceptors (Lipinski definition) is 4. The summed E-state index contributed by atoms with van der Waals surface area (Å²) in [6.07, 6.45) is 0. The normalized spacial score (nSPS) is 10.3. The van der Waals surface area contributed by atoms with Crippen LogP contribution >= 0.6 is 27.3 Å². The highest BCUT2D eigenvalue weighted by Crippen LogP contribution is 2.16. The molecular formula is C10H10BrN3S. The SMILES string of the molecule is Cc1nc(Br)ccc1NCc1cscn1. The number of nitrogens with zero attached hydrogens (tertiary/aromatic N) is 2. The summed E-state index contributed by atoms with van der Waals surface area (Å²) in [4.78, 5) is 8.51. The average Bonchev–Trinajstić information content (AvgIpc) is 2.69. The van der Waals surface area contributed by atoms with Crippen LogP contribution in [0.4, 0.5) is 5.69 Å². The van der Waals surface area contributed by atoms with E-state index in [0.29, 0.717) is 0 Å². The van der Waals surface area contributed by atoms with Crippen LogP contribution in [0.3, 0.4) is 0 Å². The lowest BCUT2D eigenvalue weighted by Crippen LogP contribution is -2.02. The molecular weight excluding hydrogens is 274 g/mol. The first-order valence-electron chi connectivity index (χ1n) is 4.50. The van der Waals surface area contributed by atoms with Gasteiger partial charge in [0.05, 0.1) is 29.1 Å². The number of hydrogen-bond donors (Lipinski definition) is 1. The number of nitrogens with one attached hydrogen (secondary N) is 1. The minimum absolute atomic E-state index is 0.744. The Bertz CT molecular complexity index is 442. The lowest BCUT2D eigenvalue weighted by atomic mass is 10.3. The Hall–Kier alpha value is -0.940. The molecule has 1 N–H and O–H groups in total. The molecule has 15 heavy (non-hydrogen) atoms. The fraction of sp³-hybridized carbons (Fsp3) is 0.200. The van der Waals surface area contributed by atoms with Crippen molar-refractivity contribution < 1.29 is 0 Å². The van der Waals surface area contributed by atoms with Gasteiger partial charge >= 0.3 is 0 Å². The first-order valence-corrected chi connectivity index (χ1v) is 6.23. The third kappa shape index (κ3) is 2.76. The first kappa shape index (κ1) is 10.6. The summed E-state index contributed by atoms with van der Waals surface area (Å²) in [5.41, 5.74) is 4.93. The molecule has 5 heteroatoms. The maximum absolute atomic E-state index is 4.31. The van der Waals surface area contributed by atoms with Crippen molar-refractivity contribution in [3.8, 4) is 0 Å². The van der Waals surface area contributed by atoms with Gasteiger partial charge in [-0.15, -0.1) is 11.3 Å². The van der Waals surface area contributed by atoms with Crippen LogP contribution in [-0.2, 0) is 6.54 Å². The molecule has 0 aliphatic rings. The Morgan fingerprint density at radius 2 is 2.33 bits per heavy atom. The fourth-order valence-corrected chi connectivity index (χ4v) is 2.18. The largest absolute Gasteiger partial charge is 0.378 e. The zero-order valence-electron chi connectivity index (χ0n) is 8.20. The Labute approximate surface area is 101 Å². The lowest BCUT2D eigenvalue weighted by Gasteiger charge is -2.07. The Kier molecular flexibility index (Phi) is 3.33. The molecule has 3 nitrogen and oxygen atoms in total. The highest BCUT2D eigenvalue weighted by atomic mass is 79.9. The molecule has 0 aliphatic carbocycles. The summed E-state index contributed by atoms with van der Waals surface area (Å²) in [5, 5.41) is 5.34. The third-order valence-electron chi connectivity index (χ3n) is 2.00. The summed E-state index contributed by atoms with van der Waals surface area (Å²) in [6.45, 7) is 2.72. The molecule has 0 unspecified atom stereocenters. The van der Waals surface area contributed by atoms with E-state index in [1.807, 2.05) is 29.9 Å². The van der Waals surface area contributed by atoms with E-state index >= 15 is 0 Å². The van der Waals surface area contributed by atoms with E-state index in [2.05, 4.69) is 31.2 Å². The molecule has 0 aliphatic heterocycles. The second-order valence-electron chi connectivity index (χ2n) is 3.10.